The topological polar surface area (TPSA) is 91.4 Å². The number of carbonyl (C=O) groups excluding carboxylic acids is 1. The van der Waals surface area contributed by atoms with Gasteiger partial charge in [0.1, 0.15) is 22.5 Å². The molecule has 0 bridgehead atoms. The second-order valence-electron chi connectivity index (χ2n) is 7.46. The van der Waals surface area contributed by atoms with Crippen molar-refractivity contribution in [1.29, 1.82) is 0 Å². The zero-order valence-electron chi connectivity index (χ0n) is 17.9. The van der Waals surface area contributed by atoms with E-state index in [1.165, 1.54) is 16.2 Å². The lowest BCUT2D eigenvalue weighted by Crippen LogP contribution is -2.33. The highest BCUT2D eigenvalue weighted by Crippen LogP contribution is 2.38. The van der Waals surface area contributed by atoms with E-state index >= 15 is 0 Å². The van der Waals surface area contributed by atoms with Gasteiger partial charge in [-0.05, 0) is 32.0 Å². The molecule has 0 saturated carbocycles. The first kappa shape index (κ1) is 22.1. The Balaban J connectivity index is 1.60. The van der Waals surface area contributed by atoms with Gasteiger partial charge < -0.3 is 9.64 Å². The summed E-state index contributed by atoms with van der Waals surface area (Å²) in [7, 11) is 3.34. The number of anilines is 2. The first-order valence-corrected chi connectivity index (χ1v) is 10.6. The SMILES string of the molecule is Cc1nc(COC(C)C(=O)N(C)C)sc1-c1cccc(-c2cc(F)c3c(c2F)NNN3)n1. The number of aryl methyl sites for hydroxylation is 1. The third-order valence-electron chi connectivity index (χ3n) is 4.93. The van der Waals surface area contributed by atoms with Crippen molar-refractivity contribution in [2.24, 2.45) is 0 Å². The summed E-state index contributed by atoms with van der Waals surface area (Å²) >= 11 is 1.38. The molecule has 32 heavy (non-hydrogen) atoms. The van der Waals surface area contributed by atoms with Crippen LogP contribution in [0.1, 0.15) is 17.6 Å². The fourth-order valence-electron chi connectivity index (χ4n) is 3.30. The predicted molar refractivity (Wildman–Crippen MR) is 119 cm³/mol. The van der Waals surface area contributed by atoms with Gasteiger partial charge in [-0.25, -0.2) is 18.7 Å². The normalized spacial score (nSPS) is 13.3. The number of carbonyl (C=O) groups is 1. The van der Waals surface area contributed by atoms with Gasteiger partial charge in [0.2, 0.25) is 0 Å². The van der Waals surface area contributed by atoms with Gasteiger partial charge in [-0.15, -0.1) is 16.9 Å². The number of hydrogen-bond acceptors (Lipinski definition) is 8. The Morgan fingerprint density at radius 1 is 1.19 bits per heavy atom. The molecule has 3 N–H and O–H groups in total. The lowest BCUT2D eigenvalue weighted by Gasteiger charge is -2.16. The van der Waals surface area contributed by atoms with Crippen molar-refractivity contribution in [1.82, 2.24) is 20.4 Å². The molecule has 3 aromatic rings. The number of benzene rings is 1. The summed E-state index contributed by atoms with van der Waals surface area (Å²) in [5.41, 5.74) is 9.27. The summed E-state index contributed by atoms with van der Waals surface area (Å²) in [6.07, 6.45) is -0.589. The number of fused-ring (bicyclic) bond motifs is 1. The van der Waals surface area contributed by atoms with Gasteiger partial charge in [0.05, 0.1) is 28.6 Å². The number of amides is 1. The van der Waals surface area contributed by atoms with Crippen LogP contribution in [0, 0.1) is 18.6 Å². The largest absolute Gasteiger partial charge is 0.362 e. The van der Waals surface area contributed by atoms with Crippen molar-refractivity contribution in [2.45, 2.75) is 26.6 Å². The monoisotopic (exact) mass is 460 g/mol. The molecule has 168 valence electrons. The number of thiazole rings is 1. The van der Waals surface area contributed by atoms with Gasteiger partial charge in [0.15, 0.2) is 11.6 Å². The Kier molecular flexibility index (Phi) is 6.04. The summed E-state index contributed by atoms with van der Waals surface area (Å²) in [5.74, 6) is -1.34. The summed E-state index contributed by atoms with van der Waals surface area (Å²) in [6, 6.07) is 6.26. The Morgan fingerprint density at radius 3 is 2.66 bits per heavy atom. The Bertz CT molecular complexity index is 1180. The average molecular weight is 461 g/mol. The molecule has 1 atom stereocenters. The lowest BCUT2D eigenvalue weighted by molar-refractivity contribution is -0.140. The fourth-order valence-corrected chi connectivity index (χ4v) is 4.26. The number of hydrogen-bond donors (Lipinski definition) is 3. The average Bonchev–Trinajstić information content (AvgIpc) is 3.41. The first-order chi connectivity index (χ1) is 15.3. The quantitative estimate of drug-likeness (QED) is 0.517. The van der Waals surface area contributed by atoms with Crippen LogP contribution in [0.5, 0.6) is 0 Å². The van der Waals surface area contributed by atoms with Crippen molar-refractivity contribution >= 4 is 28.6 Å². The second kappa shape index (κ2) is 8.77. The van der Waals surface area contributed by atoms with E-state index in [-0.39, 0.29) is 29.5 Å². The molecule has 3 heterocycles. The number of nitrogens with one attached hydrogen (secondary N) is 3. The van der Waals surface area contributed by atoms with Gasteiger partial charge in [-0.3, -0.25) is 15.6 Å². The molecule has 11 heteroatoms. The van der Waals surface area contributed by atoms with E-state index in [0.29, 0.717) is 16.4 Å². The van der Waals surface area contributed by atoms with E-state index in [2.05, 4.69) is 26.4 Å². The van der Waals surface area contributed by atoms with E-state index in [1.807, 2.05) is 6.92 Å². The zero-order valence-corrected chi connectivity index (χ0v) is 18.7. The van der Waals surface area contributed by atoms with E-state index in [9.17, 15) is 13.6 Å². The third-order valence-corrected chi connectivity index (χ3v) is 6.09. The second-order valence-corrected chi connectivity index (χ2v) is 8.54. The van der Waals surface area contributed by atoms with E-state index in [1.54, 1.807) is 39.2 Å². The van der Waals surface area contributed by atoms with Crippen molar-refractivity contribution in [3.05, 3.63) is 46.6 Å². The van der Waals surface area contributed by atoms with Crippen LogP contribution in [-0.2, 0) is 16.1 Å². The minimum atomic E-state index is -0.613. The summed E-state index contributed by atoms with van der Waals surface area (Å²) in [5, 5.41) is 0.694. The van der Waals surface area contributed by atoms with Crippen LogP contribution < -0.4 is 16.4 Å². The smallest absolute Gasteiger partial charge is 0.250 e. The lowest BCUT2D eigenvalue weighted by atomic mass is 10.1. The minimum Gasteiger partial charge on any atom is -0.362 e. The molecule has 1 aliphatic heterocycles. The predicted octanol–water partition coefficient (Wildman–Crippen LogP) is 3.71. The molecule has 0 spiro atoms. The van der Waals surface area contributed by atoms with E-state index in [4.69, 9.17) is 4.74 Å². The van der Waals surface area contributed by atoms with Crippen molar-refractivity contribution in [2.75, 3.05) is 24.9 Å². The Labute approximate surface area is 187 Å². The molecular weight excluding hydrogens is 438 g/mol. The molecule has 1 aromatic carbocycles. The number of pyridine rings is 1. The van der Waals surface area contributed by atoms with Gasteiger partial charge in [0.25, 0.3) is 5.91 Å². The summed E-state index contributed by atoms with van der Waals surface area (Å²) in [6.45, 7) is 3.72. The standard InChI is InChI=1S/C21H22F2N6O2S/c1-10-20(32-16(24-10)9-31-11(2)21(30)29(3)4)15-7-5-6-14(25-15)12-8-13(22)18-19(17(12)23)27-28-26-18/h5-8,11,26-28H,9H2,1-4H3. The number of rotatable bonds is 6. The molecule has 0 fully saturated rings. The number of likely N-dealkylation sites (N-methyl/N-ethyl adjacent to an activating group) is 1. The number of aromatic nitrogens is 2. The number of hydrazine groups is 2. The highest BCUT2D eigenvalue weighted by Gasteiger charge is 2.24. The summed E-state index contributed by atoms with van der Waals surface area (Å²) in [4.78, 5) is 23.3. The molecule has 8 nitrogen and oxygen atoms in total. The number of halogens is 2. The summed E-state index contributed by atoms with van der Waals surface area (Å²) < 4.78 is 35.0. The van der Waals surface area contributed by atoms with Gasteiger partial charge in [-0.1, -0.05) is 6.07 Å². The van der Waals surface area contributed by atoms with Crippen LogP contribution in [-0.4, -0.2) is 41.0 Å². The van der Waals surface area contributed by atoms with Gasteiger partial charge in [-0.2, -0.15) is 0 Å². The van der Waals surface area contributed by atoms with E-state index in [0.717, 1.165) is 16.6 Å². The third kappa shape index (κ3) is 4.14. The van der Waals surface area contributed by atoms with Crippen molar-refractivity contribution in [3.8, 4) is 21.8 Å². The zero-order chi connectivity index (χ0) is 23.0. The molecular formula is C21H22F2N6O2S. The molecule has 4 rings (SSSR count). The molecule has 0 radical (unpaired) electrons. The maximum Gasteiger partial charge on any atom is 0.250 e. The molecule has 0 saturated heterocycles. The van der Waals surface area contributed by atoms with Gasteiger partial charge in [0, 0.05) is 19.7 Å². The molecule has 2 aromatic heterocycles. The molecule has 1 aliphatic rings. The fraction of sp³-hybridized carbons (Fsp3) is 0.286. The van der Waals surface area contributed by atoms with Crippen molar-refractivity contribution in [3.63, 3.8) is 0 Å². The molecule has 0 aliphatic carbocycles. The van der Waals surface area contributed by atoms with Crippen LogP contribution >= 0.6 is 11.3 Å². The molecule has 1 amide bonds. The minimum absolute atomic E-state index is 0.00185. The maximum atomic E-state index is 14.9. The number of ether oxygens (including phenoxy) is 1. The van der Waals surface area contributed by atoms with Crippen LogP contribution in [0.3, 0.4) is 0 Å². The highest BCUT2D eigenvalue weighted by molar-refractivity contribution is 7.15. The number of nitrogens with zero attached hydrogens (tertiary/aromatic N) is 3. The highest BCUT2D eigenvalue weighted by atomic mass is 32.1. The van der Waals surface area contributed by atoms with Crippen LogP contribution in [0.15, 0.2) is 24.3 Å². The Hall–Kier alpha value is -3.15. The first-order valence-electron chi connectivity index (χ1n) is 9.82. The van der Waals surface area contributed by atoms with E-state index < -0.39 is 17.7 Å². The maximum absolute atomic E-state index is 14.9. The van der Waals surface area contributed by atoms with Crippen LogP contribution in [0.4, 0.5) is 20.2 Å². The van der Waals surface area contributed by atoms with Gasteiger partial charge >= 0.3 is 0 Å². The van der Waals surface area contributed by atoms with Crippen LogP contribution in [0.2, 0.25) is 0 Å². The Morgan fingerprint density at radius 2 is 1.91 bits per heavy atom. The van der Waals surface area contributed by atoms with Crippen molar-refractivity contribution < 1.29 is 18.3 Å². The van der Waals surface area contributed by atoms with Crippen LogP contribution in [0.25, 0.3) is 21.8 Å². The molecule has 1 unspecified atom stereocenters.